The molecule has 3 atom stereocenters. The molecule has 1 amide bonds. The number of aromatic nitrogens is 1. The fraction of sp³-hybridized carbons (Fsp3) is 0.647. The van der Waals surface area contributed by atoms with Gasteiger partial charge in [-0.1, -0.05) is 58.0 Å². The summed E-state index contributed by atoms with van der Waals surface area (Å²) in [7, 11) is 3.81. The number of hydrogen-bond donors (Lipinski definition) is 1. The number of alkyl halides is 3. The number of carbonyl (C=O) groups is 1. The number of amides is 1. The lowest BCUT2D eigenvalue weighted by atomic mass is 9.99. The van der Waals surface area contributed by atoms with Gasteiger partial charge in [-0.05, 0) is 56.5 Å². The molecule has 10 heteroatoms. The number of nitrogens with zero attached hydrogens (tertiary/aromatic N) is 3. The third kappa shape index (κ3) is 12.1. The molecule has 1 aromatic heterocycles. The zero-order valence-corrected chi connectivity index (χ0v) is 27.5. The van der Waals surface area contributed by atoms with E-state index in [1.54, 1.807) is 12.0 Å². The second-order valence-corrected chi connectivity index (χ2v) is 10.9. The minimum atomic E-state index is -4.45. The third-order valence-corrected chi connectivity index (χ3v) is 7.87. The first-order valence-electron chi connectivity index (χ1n) is 16.1. The lowest BCUT2D eigenvalue weighted by Gasteiger charge is -2.35. The SMILES string of the molecule is CC.CC.COC1COCCC1NC(CCCN(C)Cc1ccccc1)CCC(=O)N1CCc2ncc(C(F)(F)F)cc2C1. The Morgan fingerprint density at radius 2 is 1.91 bits per heavy atom. The standard InChI is InChI=1S/C30H41F3N4O3.2C2H6/c1-36(19-22-7-4-3-5-8-22)14-6-9-25(35-27-13-16-40-21-28(27)39-2)10-11-29(38)37-15-12-26-23(20-37)17-24(18-34-26)30(31,32)33;2*1-2/h3-5,7-8,17-18,25,27-28,35H,6,9-16,19-21H2,1-2H3;2*1-2H3. The van der Waals surface area contributed by atoms with Crippen LogP contribution in [-0.2, 0) is 40.0 Å². The number of pyridine rings is 1. The molecule has 0 bridgehead atoms. The van der Waals surface area contributed by atoms with Crippen molar-refractivity contribution in [3.8, 4) is 0 Å². The van der Waals surface area contributed by atoms with Crippen LogP contribution >= 0.6 is 0 Å². The van der Waals surface area contributed by atoms with Gasteiger partial charge in [-0.3, -0.25) is 9.78 Å². The molecule has 4 rings (SSSR count). The third-order valence-electron chi connectivity index (χ3n) is 7.87. The fourth-order valence-electron chi connectivity index (χ4n) is 5.58. The lowest BCUT2D eigenvalue weighted by Crippen LogP contribution is -2.51. The molecule has 1 saturated heterocycles. The van der Waals surface area contributed by atoms with Crippen LogP contribution in [0.5, 0.6) is 0 Å². The highest BCUT2D eigenvalue weighted by Crippen LogP contribution is 2.31. The first-order chi connectivity index (χ1) is 21.2. The number of halogens is 3. The van der Waals surface area contributed by atoms with Crippen LogP contribution in [0.2, 0.25) is 0 Å². The molecule has 44 heavy (non-hydrogen) atoms. The zero-order chi connectivity index (χ0) is 32.5. The van der Waals surface area contributed by atoms with Gasteiger partial charge >= 0.3 is 6.18 Å². The Morgan fingerprint density at radius 3 is 2.59 bits per heavy atom. The average molecular weight is 623 g/mol. The van der Waals surface area contributed by atoms with E-state index in [0.29, 0.717) is 50.3 Å². The molecule has 1 aromatic carbocycles. The summed E-state index contributed by atoms with van der Waals surface area (Å²) in [5.74, 6) is -0.0358. The zero-order valence-electron chi connectivity index (χ0n) is 27.5. The topological polar surface area (TPSA) is 66.9 Å². The minimum Gasteiger partial charge on any atom is -0.379 e. The predicted molar refractivity (Wildman–Crippen MR) is 169 cm³/mol. The number of fused-ring (bicyclic) bond motifs is 1. The molecule has 2 aliphatic heterocycles. The molecule has 7 nitrogen and oxygen atoms in total. The van der Waals surface area contributed by atoms with Gasteiger partial charge in [0.15, 0.2) is 0 Å². The maximum Gasteiger partial charge on any atom is 0.417 e. The number of hydrogen-bond acceptors (Lipinski definition) is 6. The molecule has 0 radical (unpaired) electrons. The number of rotatable bonds is 12. The second kappa shape index (κ2) is 19.8. The summed E-state index contributed by atoms with van der Waals surface area (Å²) < 4.78 is 50.8. The van der Waals surface area contributed by atoms with Gasteiger partial charge in [-0.2, -0.15) is 13.2 Å². The smallest absolute Gasteiger partial charge is 0.379 e. The Hall–Kier alpha value is -2.53. The molecule has 3 heterocycles. The van der Waals surface area contributed by atoms with Crippen LogP contribution in [0.3, 0.4) is 0 Å². The van der Waals surface area contributed by atoms with Crippen molar-refractivity contribution < 1.29 is 27.4 Å². The van der Waals surface area contributed by atoms with Crippen LogP contribution in [0.1, 0.15) is 82.2 Å². The molecule has 1 fully saturated rings. The van der Waals surface area contributed by atoms with Crippen molar-refractivity contribution >= 4 is 5.91 Å². The van der Waals surface area contributed by atoms with Crippen LogP contribution in [0.4, 0.5) is 13.2 Å². The Labute approximate surface area is 262 Å². The molecule has 248 valence electrons. The Morgan fingerprint density at radius 1 is 1.18 bits per heavy atom. The highest BCUT2D eigenvalue weighted by atomic mass is 19.4. The number of methoxy groups -OCH3 is 1. The number of benzene rings is 1. The highest BCUT2D eigenvalue weighted by molar-refractivity contribution is 5.76. The van der Waals surface area contributed by atoms with Gasteiger partial charge in [0.25, 0.3) is 0 Å². The summed E-state index contributed by atoms with van der Waals surface area (Å²) in [4.78, 5) is 21.2. The van der Waals surface area contributed by atoms with E-state index in [2.05, 4.69) is 34.4 Å². The average Bonchev–Trinajstić information content (AvgIpc) is 3.05. The van der Waals surface area contributed by atoms with Gasteiger partial charge in [0, 0.05) is 70.2 Å². The summed E-state index contributed by atoms with van der Waals surface area (Å²) in [6, 6.07) is 11.8. The molecule has 2 aliphatic rings. The molecule has 0 saturated carbocycles. The number of nitrogens with one attached hydrogen (secondary N) is 1. The van der Waals surface area contributed by atoms with Crippen molar-refractivity contribution in [2.45, 2.75) is 104 Å². The van der Waals surface area contributed by atoms with Crippen LogP contribution < -0.4 is 5.32 Å². The maximum absolute atomic E-state index is 13.2. The maximum atomic E-state index is 13.2. The number of ether oxygens (including phenoxy) is 2. The van der Waals surface area contributed by atoms with Crippen molar-refractivity contribution in [2.24, 2.45) is 0 Å². The summed E-state index contributed by atoms with van der Waals surface area (Å²) in [6.07, 6.45) is 0.558. The van der Waals surface area contributed by atoms with Gasteiger partial charge in [0.2, 0.25) is 5.91 Å². The van der Waals surface area contributed by atoms with Gasteiger partial charge in [0.1, 0.15) is 0 Å². The van der Waals surface area contributed by atoms with Crippen LogP contribution in [0.15, 0.2) is 42.6 Å². The van der Waals surface area contributed by atoms with Gasteiger partial charge in [0.05, 0.1) is 18.3 Å². The van der Waals surface area contributed by atoms with Crippen LogP contribution in [-0.4, -0.2) is 79.3 Å². The van der Waals surface area contributed by atoms with E-state index in [0.717, 1.165) is 44.6 Å². The van der Waals surface area contributed by atoms with E-state index >= 15 is 0 Å². The van der Waals surface area contributed by atoms with E-state index in [4.69, 9.17) is 9.47 Å². The predicted octanol–water partition coefficient (Wildman–Crippen LogP) is 6.49. The van der Waals surface area contributed by atoms with Gasteiger partial charge in [-0.15, -0.1) is 0 Å². The molecule has 3 unspecified atom stereocenters. The highest BCUT2D eigenvalue weighted by Gasteiger charge is 2.33. The molecular formula is C34H53F3N4O3. The van der Waals surface area contributed by atoms with Crippen LogP contribution in [0, 0.1) is 0 Å². The van der Waals surface area contributed by atoms with Crippen molar-refractivity contribution in [2.75, 3.05) is 40.5 Å². The van der Waals surface area contributed by atoms with Crippen molar-refractivity contribution in [1.29, 1.82) is 0 Å². The summed E-state index contributed by atoms with van der Waals surface area (Å²) in [6.45, 7) is 11.7. The Kier molecular flexibility index (Phi) is 16.9. The van der Waals surface area contributed by atoms with Crippen LogP contribution in [0.25, 0.3) is 0 Å². The first-order valence-corrected chi connectivity index (χ1v) is 16.1. The van der Waals surface area contributed by atoms with E-state index in [1.807, 2.05) is 45.9 Å². The van der Waals surface area contributed by atoms with E-state index in [-0.39, 0.29) is 30.6 Å². The molecular weight excluding hydrogens is 569 g/mol. The summed E-state index contributed by atoms with van der Waals surface area (Å²) in [5, 5.41) is 3.75. The minimum absolute atomic E-state index is 0.0358. The normalized spacial score (nSPS) is 18.8. The molecule has 1 N–H and O–H groups in total. The molecule has 0 spiro atoms. The lowest BCUT2D eigenvalue weighted by molar-refractivity contribution is -0.137. The molecule has 0 aliphatic carbocycles. The first kappa shape index (κ1) is 37.7. The largest absolute Gasteiger partial charge is 0.417 e. The van der Waals surface area contributed by atoms with Crippen molar-refractivity contribution in [1.82, 2.24) is 20.1 Å². The number of carbonyl (C=O) groups excluding carboxylic acids is 1. The van der Waals surface area contributed by atoms with E-state index in [1.165, 1.54) is 5.56 Å². The van der Waals surface area contributed by atoms with Crippen molar-refractivity contribution in [3.63, 3.8) is 0 Å². The Bertz CT molecular complexity index is 1090. The van der Waals surface area contributed by atoms with Crippen molar-refractivity contribution in [3.05, 3.63) is 65.0 Å². The van der Waals surface area contributed by atoms with E-state index in [9.17, 15) is 18.0 Å². The summed E-state index contributed by atoms with van der Waals surface area (Å²) >= 11 is 0. The fourth-order valence-corrected chi connectivity index (χ4v) is 5.58. The monoisotopic (exact) mass is 622 g/mol. The van der Waals surface area contributed by atoms with Gasteiger partial charge < -0.3 is 24.6 Å². The molecule has 2 aromatic rings. The second-order valence-electron chi connectivity index (χ2n) is 10.9. The van der Waals surface area contributed by atoms with Gasteiger partial charge in [-0.25, -0.2) is 0 Å². The summed E-state index contributed by atoms with van der Waals surface area (Å²) in [5.41, 5.74) is 1.62. The Balaban J connectivity index is 0.00000162. The van der Waals surface area contributed by atoms with E-state index < -0.39 is 11.7 Å². The quantitative estimate of drug-likeness (QED) is 0.292.